The topological polar surface area (TPSA) is 76.5 Å². The molecule has 45 heavy (non-hydrogen) atoms. The number of allylic oxidation sites excluding steroid dienone is 2. The molecule has 0 bridgehead atoms. The Balaban J connectivity index is 0.000000404. The maximum absolute atomic E-state index is 10.0. The van der Waals surface area contributed by atoms with E-state index < -0.39 is 0 Å². The second-order valence-corrected chi connectivity index (χ2v) is 11.5. The van der Waals surface area contributed by atoms with Crippen LogP contribution in [0.25, 0.3) is 66.3 Å². The number of carbonyl (C=O) groups excluding carboxylic acids is 1. The minimum absolute atomic E-state index is 0. The van der Waals surface area contributed by atoms with Gasteiger partial charge in [-0.25, -0.2) is 0 Å². The number of carbonyl (C=O) groups is 1. The molecule has 0 unspecified atom stereocenters. The fourth-order valence-electron chi connectivity index (χ4n) is 6.66. The summed E-state index contributed by atoms with van der Waals surface area (Å²) in [5, 5.41) is 12.9. The van der Waals surface area contributed by atoms with Gasteiger partial charge < -0.3 is 18.9 Å². The third-order valence-electron chi connectivity index (χ3n) is 8.39. The molecule has 1 aliphatic carbocycles. The summed E-state index contributed by atoms with van der Waals surface area (Å²) in [4.78, 5) is 14.7. The predicted octanol–water partition coefficient (Wildman–Crippen LogP) is 10.7. The number of aromatic nitrogens is 1. The van der Waals surface area contributed by atoms with Crippen molar-refractivity contribution >= 4 is 49.7 Å². The van der Waals surface area contributed by atoms with Crippen molar-refractivity contribution in [1.29, 1.82) is 0 Å². The van der Waals surface area contributed by atoms with Crippen molar-refractivity contribution in [3.63, 3.8) is 0 Å². The van der Waals surface area contributed by atoms with Crippen LogP contribution in [0.5, 0.6) is 0 Å². The monoisotopic (exact) mass is 771 g/mol. The van der Waals surface area contributed by atoms with E-state index in [4.69, 9.17) is 18.9 Å². The maximum Gasteiger partial charge on any atom is 0.155 e. The number of benzene rings is 4. The van der Waals surface area contributed by atoms with Gasteiger partial charge in [-0.1, -0.05) is 55.3 Å². The van der Waals surface area contributed by atoms with Crippen LogP contribution in [0.15, 0.2) is 112 Å². The van der Waals surface area contributed by atoms with Crippen LogP contribution in [0.1, 0.15) is 51.0 Å². The molecule has 1 aliphatic rings. The molecule has 1 fully saturated rings. The molecule has 7 aromatic rings. The van der Waals surface area contributed by atoms with Gasteiger partial charge in [-0.15, -0.1) is 35.9 Å². The Morgan fingerprint density at radius 1 is 0.867 bits per heavy atom. The Morgan fingerprint density at radius 3 is 2.13 bits per heavy atom. The van der Waals surface area contributed by atoms with Crippen LogP contribution in [0.3, 0.4) is 0 Å². The number of pyridine rings is 1. The fourth-order valence-corrected chi connectivity index (χ4v) is 6.66. The summed E-state index contributed by atoms with van der Waals surface area (Å²) in [6.45, 7) is 2.85. The van der Waals surface area contributed by atoms with Crippen molar-refractivity contribution in [1.82, 2.24) is 4.98 Å². The van der Waals surface area contributed by atoms with E-state index in [1.54, 1.807) is 0 Å². The summed E-state index contributed by atoms with van der Waals surface area (Å²) in [6, 6.07) is 32.5. The SMILES string of the molecule is CC(=O)/C=C(/C)O.[Ir].[c-]1ccccc1-c1cc(-c2c(C3CCCC3)c3oc4ccccc4c3c3oc4ccccc4c23)ccn1. The summed E-state index contributed by atoms with van der Waals surface area (Å²) in [5.74, 6) is 0.378. The van der Waals surface area contributed by atoms with Crippen LogP contribution in [-0.2, 0) is 24.9 Å². The zero-order valence-corrected chi connectivity index (χ0v) is 27.5. The molecule has 1 radical (unpaired) electrons. The summed E-state index contributed by atoms with van der Waals surface area (Å²) in [7, 11) is 0. The first kappa shape index (κ1) is 30.5. The van der Waals surface area contributed by atoms with Gasteiger partial charge in [0.25, 0.3) is 0 Å². The van der Waals surface area contributed by atoms with Gasteiger partial charge in [0.1, 0.15) is 22.3 Å². The van der Waals surface area contributed by atoms with Crippen molar-refractivity contribution in [2.45, 2.75) is 45.4 Å². The number of nitrogens with zero attached hydrogens (tertiary/aromatic N) is 1. The number of hydrogen-bond acceptors (Lipinski definition) is 5. The predicted molar refractivity (Wildman–Crippen MR) is 177 cm³/mol. The molecule has 3 aromatic heterocycles. The van der Waals surface area contributed by atoms with E-state index in [-0.39, 0.29) is 31.6 Å². The number of fused-ring (bicyclic) bond motifs is 7. The summed E-state index contributed by atoms with van der Waals surface area (Å²) < 4.78 is 13.3. The van der Waals surface area contributed by atoms with Gasteiger partial charge in [0.2, 0.25) is 0 Å². The quantitative estimate of drug-likeness (QED) is 0.110. The number of rotatable bonds is 4. The van der Waals surface area contributed by atoms with Crippen molar-refractivity contribution in [2.24, 2.45) is 0 Å². The molecule has 0 atom stereocenters. The fraction of sp³-hybridized carbons (Fsp3) is 0.179. The molecule has 5 nitrogen and oxygen atoms in total. The van der Waals surface area contributed by atoms with Gasteiger partial charge in [-0.05, 0) is 67.6 Å². The molecule has 6 heteroatoms. The third kappa shape index (κ3) is 5.72. The van der Waals surface area contributed by atoms with Crippen LogP contribution in [-0.4, -0.2) is 15.9 Å². The van der Waals surface area contributed by atoms with E-state index >= 15 is 0 Å². The van der Waals surface area contributed by atoms with Crippen LogP contribution in [0, 0.1) is 6.07 Å². The number of furan rings is 2. The van der Waals surface area contributed by atoms with Gasteiger partial charge in [-0.2, -0.15) is 0 Å². The van der Waals surface area contributed by atoms with Gasteiger partial charge in [0.05, 0.1) is 11.1 Å². The Morgan fingerprint density at radius 2 is 1.51 bits per heavy atom. The number of aliphatic hydroxyl groups is 1. The summed E-state index contributed by atoms with van der Waals surface area (Å²) >= 11 is 0. The first-order valence-electron chi connectivity index (χ1n) is 15.1. The first-order chi connectivity index (χ1) is 21.5. The smallest absolute Gasteiger partial charge is 0.155 e. The number of aliphatic hydroxyl groups excluding tert-OH is 1. The largest absolute Gasteiger partial charge is 0.512 e. The first-order valence-corrected chi connectivity index (χ1v) is 15.1. The number of hydrogen-bond donors (Lipinski definition) is 1. The van der Waals surface area contributed by atoms with E-state index in [0.29, 0.717) is 5.92 Å². The van der Waals surface area contributed by atoms with Gasteiger partial charge >= 0.3 is 0 Å². The van der Waals surface area contributed by atoms with E-state index in [9.17, 15) is 4.79 Å². The molecule has 0 saturated heterocycles. The van der Waals surface area contributed by atoms with Gasteiger partial charge in [0, 0.05) is 54.1 Å². The van der Waals surface area contributed by atoms with Gasteiger partial charge in [-0.3, -0.25) is 4.79 Å². The molecule has 0 aliphatic heterocycles. The van der Waals surface area contributed by atoms with Gasteiger partial charge in [0.15, 0.2) is 5.78 Å². The summed E-state index contributed by atoms with van der Waals surface area (Å²) in [5.41, 5.74) is 9.27. The van der Waals surface area contributed by atoms with Crippen LogP contribution in [0.4, 0.5) is 0 Å². The van der Waals surface area contributed by atoms with Crippen molar-refractivity contribution in [3.8, 4) is 22.4 Å². The minimum atomic E-state index is -0.125. The van der Waals surface area contributed by atoms with E-state index in [0.717, 1.165) is 55.3 Å². The maximum atomic E-state index is 10.0. The molecule has 227 valence electrons. The Kier molecular flexibility index (Phi) is 8.71. The van der Waals surface area contributed by atoms with Crippen LogP contribution in [0.2, 0.25) is 0 Å². The average Bonchev–Trinajstić information content (AvgIpc) is 3.78. The Bertz CT molecular complexity index is 2180. The molecule has 0 amide bonds. The Hall–Kier alpha value is -4.51. The Labute approximate surface area is 274 Å². The number of para-hydroxylation sites is 2. The molecule has 4 aromatic carbocycles. The van der Waals surface area contributed by atoms with Crippen molar-refractivity contribution in [2.75, 3.05) is 0 Å². The standard InChI is InChI=1S/C34H24NO2.C5H8O2.Ir/c1-2-10-21(11-3-1)26-20-23(18-19-35-26)29-30(22-12-4-5-13-22)33-32(25-15-7-9-17-28(25)36-33)34-31(29)24-14-6-8-16-27(24)37-34;1-4(6)3-5(2)7;/h1-3,6-10,14-20,22H,4-5,12-13H2;3,6H,1-2H3;/q-1;;/b;4-3-;. The third-order valence-corrected chi connectivity index (χ3v) is 8.39. The zero-order chi connectivity index (χ0) is 30.2. The van der Waals surface area contributed by atoms with Crippen LogP contribution < -0.4 is 0 Å². The molecular formula is C39H32IrNO4-. The second kappa shape index (κ2) is 12.8. The molecule has 3 heterocycles. The molecule has 0 spiro atoms. The average molecular weight is 771 g/mol. The van der Waals surface area contributed by atoms with E-state index in [1.165, 1.54) is 62.1 Å². The summed E-state index contributed by atoms with van der Waals surface area (Å²) in [6.07, 6.45) is 7.92. The molecule has 1 saturated carbocycles. The zero-order valence-electron chi connectivity index (χ0n) is 25.1. The normalized spacial score (nSPS) is 13.7. The van der Waals surface area contributed by atoms with E-state index in [2.05, 4.69) is 60.7 Å². The minimum Gasteiger partial charge on any atom is -0.512 e. The van der Waals surface area contributed by atoms with Crippen molar-refractivity contribution < 1.29 is 38.8 Å². The molecule has 8 rings (SSSR count). The van der Waals surface area contributed by atoms with E-state index in [1.807, 2.05) is 36.5 Å². The van der Waals surface area contributed by atoms with Crippen LogP contribution >= 0.6 is 0 Å². The molecule has 1 N–H and O–H groups in total. The number of ketones is 1. The van der Waals surface area contributed by atoms with Crippen molar-refractivity contribution in [3.05, 3.63) is 115 Å². The molecular weight excluding hydrogens is 739 g/mol. The second-order valence-electron chi connectivity index (χ2n) is 11.5.